The van der Waals surface area contributed by atoms with E-state index in [-0.39, 0.29) is 5.92 Å². The number of aromatic nitrogens is 1. The van der Waals surface area contributed by atoms with E-state index >= 15 is 0 Å². The third-order valence-electron chi connectivity index (χ3n) is 3.31. The molecule has 0 amide bonds. The highest BCUT2D eigenvalue weighted by Gasteiger charge is 2.23. The van der Waals surface area contributed by atoms with Gasteiger partial charge in [0.15, 0.2) is 0 Å². The average molecular weight is 310 g/mol. The van der Waals surface area contributed by atoms with Crippen molar-refractivity contribution in [3.05, 3.63) is 39.9 Å². The third-order valence-corrected chi connectivity index (χ3v) is 4.67. The molecule has 0 radical (unpaired) electrons. The van der Waals surface area contributed by atoms with E-state index in [9.17, 15) is 9.90 Å². The van der Waals surface area contributed by atoms with Crippen molar-refractivity contribution in [3.8, 4) is 10.6 Å². The van der Waals surface area contributed by atoms with Crippen LogP contribution >= 0.6 is 22.9 Å². The van der Waals surface area contributed by atoms with Gasteiger partial charge in [0.2, 0.25) is 0 Å². The molecule has 2 aromatic rings. The minimum Gasteiger partial charge on any atom is -0.477 e. The van der Waals surface area contributed by atoms with Gasteiger partial charge in [0.1, 0.15) is 9.88 Å². The molecule has 0 bridgehead atoms. The molecule has 1 aromatic heterocycles. The van der Waals surface area contributed by atoms with Crippen LogP contribution in [0.5, 0.6) is 0 Å². The molecule has 1 aromatic carbocycles. The van der Waals surface area contributed by atoms with Crippen molar-refractivity contribution in [2.75, 3.05) is 0 Å². The zero-order chi connectivity index (χ0) is 14.7. The SMILES string of the molecule is CCC(CC)c1nc(-c2ccc(Cl)cc2)sc1C(=O)O. The Kier molecular flexibility index (Phi) is 4.78. The van der Waals surface area contributed by atoms with Gasteiger partial charge in [-0.15, -0.1) is 11.3 Å². The molecule has 0 aliphatic heterocycles. The number of nitrogens with zero attached hydrogens (tertiary/aromatic N) is 1. The molecule has 0 unspecified atom stereocenters. The Hall–Kier alpha value is -1.39. The first-order chi connectivity index (χ1) is 9.56. The molecule has 0 aliphatic carbocycles. The van der Waals surface area contributed by atoms with Gasteiger partial charge in [-0.25, -0.2) is 9.78 Å². The maximum atomic E-state index is 11.4. The van der Waals surface area contributed by atoms with Gasteiger partial charge in [-0.3, -0.25) is 0 Å². The largest absolute Gasteiger partial charge is 0.477 e. The Morgan fingerprint density at radius 2 is 1.90 bits per heavy atom. The summed E-state index contributed by atoms with van der Waals surface area (Å²) in [7, 11) is 0. The number of benzene rings is 1. The summed E-state index contributed by atoms with van der Waals surface area (Å²) in [6.07, 6.45) is 1.78. The normalized spacial score (nSPS) is 11.0. The van der Waals surface area contributed by atoms with Crippen molar-refractivity contribution in [3.63, 3.8) is 0 Å². The van der Waals surface area contributed by atoms with E-state index < -0.39 is 5.97 Å². The maximum absolute atomic E-state index is 11.4. The predicted octanol–water partition coefficient (Wildman–Crippen LogP) is 5.07. The molecule has 1 heterocycles. The second kappa shape index (κ2) is 6.37. The van der Waals surface area contributed by atoms with Crippen LogP contribution in [0.15, 0.2) is 24.3 Å². The van der Waals surface area contributed by atoms with Crippen molar-refractivity contribution in [2.24, 2.45) is 0 Å². The average Bonchev–Trinajstić information content (AvgIpc) is 2.86. The summed E-state index contributed by atoms with van der Waals surface area (Å²) in [5.74, 6) is -0.706. The maximum Gasteiger partial charge on any atom is 0.347 e. The van der Waals surface area contributed by atoms with Gasteiger partial charge in [-0.05, 0) is 25.0 Å². The second-order valence-electron chi connectivity index (χ2n) is 4.56. The molecule has 5 heteroatoms. The topological polar surface area (TPSA) is 50.2 Å². The lowest BCUT2D eigenvalue weighted by molar-refractivity contribution is 0.0700. The summed E-state index contributed by atoms with van der Waals surface area (Å²) in [5.41, 5.74) is 1.61. The number of hydrogen-bond donors (Lipinski definition) is 1. The van der Waals surface area contributed by atoms with Gasteiger partial charge in [0.05, 0.1) is 5.69 Å². The van der Waals surface area contributed by atoms with Gasteiger partial charge in [-0.1, -0.05) is 37.6 Å². The number of thiazole rings is 1. The molecule has 2 rings (SSSR count). The molecule has 20 heavy (non-hydrogen) atoms. The zero-order valence-corrected chi connectivity index (χ0v) is 13.0. The lowest BCUT2D eigenvalue weighted by Gasteiger charge is -2.09. The lowest BCUT2D eigenvalue weighted by atomic mass is 9.98. The lowest BCUT2D eigenvalue weighted by Crippen LogP contribution is -2.04. The molecule has 0 saturated carbocycles. The first kappa shape index (κ1) is 15.0. The summed E-state index contributed by atoms with van der Waals surface area (Å²) >= 11 is 7.10. The number of carboxylic acids is 1. The first-order valence-electron chi connectivity index (χ1n) is 6.56. The van der Waals surface area contributed by atoms with Crippen molar-refractivity contribution < 1.29 is 9.90 Å². The van der Waals surface area contributed by atoms with E-state index in [0.29, 0.717) is 15.6 Å². The summed E-state index contributed by atoms with van der Waals surface area (Å²) < 4.78 is 0. The fourth-order valence-corrected chi connectivity index (χ4v) is 3.27. The fourth-order valence-electron chi connectivity index (χ4n) is 2.15. The quantitative estimate of drug-likeness (QED) is 0.839. The van der Waals surface area contributed by atoms with Crippen LogP contribution in [0.3, 0.4) is 0 Å². The molecule has 3 nitrogen and oxygen atoms in total. The highest BCUT2D eigenvalue weighted by atomic mass is 35.5. The number of aromatic carboxylic acids is 1. The minimum absolute atomic E-state index is 0.193. The van der Waals surface area contributed by atoms with Gasteiger partial charge < -0.3 is 5.11 Å². The van der Waals surface area contributed by atoms with E-state index in [1.807, 2.05) is 12.1 Å². The summed E-state index contributed by atoms with van der Waals surface area (Å²) in [6.45, 7) is 4.11. The van der Waals surface area contributed by atoms with Crippen molar-refractivity contribution >= 4 is 28.9 Å². The monoisotopic (exact) mass is 309 g/mol. The predicted molar refractivity (Wildman–Crippen MR) is 82.8 cm³/mol. The molecule has 106 valence electrons. The number of carbonyl (C=O) groups is 1. The summed E-state index contributed by atoms with van der Waals surface area (Å²) in [5, 5.41) is 10.8. The van der Waals surface area contributed by atoms with E-state index in [1.165, 1.54) is 11.3 Å². The molecule has 0 saturated heterocycles. The number of carboxylic acid groups (broad SMARTS) is 1. The van der Waals surface area contributed by atoms with Crippen LogP contribution in [0.4, 0.5) is 0 Å². The van der Waals surface area contributed by atoms with Crippen LogP contribution in [0.25, 0.3) is 10.6 Å². The molecule has 0 aliphatic rings. The van der Waals surface area contributed by atoms with E-state index in [4.69, 9.17) is 11.6 Å². The summed E-state index contributed by atoms with van der Waals surface area (Å²) in [4.78, 5) is 16.3. The molecular formula is C15H16ClNO2S. The zero-order valence-electron chi connectivity index (χ0n) is 11.4. The smallest absolute Gasteiger partial charge is 0.347 e. The van der Waals surface area contributed by atoms with Gasteiger partial charge >= 0.3 is 5.97 Å². The Morgan fingerprint density at radius 1 is 1.30 bits per heavy atom. The molecule has 0 fully saturated rings. The highest BCUT2D eigenvalue weighted by molar-refractivity contribution is 7.17. The highest BCUT2D eigenvalue weighted by Crippen LogP contribution is 2.34. The van der Waals surface area contributed by atoms with E-state index in [2.05, 4.69) is 18.8 Å². The van der Waals surface area contributed by atoms with E-state index in [1.54, 1.807) is 12.1 Å². The number of halogens is 1. The molecule has 1 N–H and O–H groups in total. The summed E-state index contributed by atoms with van der Waals surface area (Å²) in [6, 6.07) is 7.30. The first-order valence-corrected chi connectivity index (χ1v) is 7.76. The van der Waals surface area contributed by atoms with Crippen LogP contribution in [0.1, 0.15) is 48.0 Å². The second-order valence-corrected chi connectivity index (χ2v) is 5.99. The van der Waals surface area contributed by atoms with Gasteiger partial charge in [0, 0.05) is 16.5 Å². The third kappa shape index (κ3) is 3.02. The molecular weight excluding hydrogens is 294 g/mol. The Balaban J connectivity index is 2.48. The van der Waals surface area contributed by atoms with Crippen molar-refractivity contribution in [1.82, 2.24) is 4.98 Å². The molecule has 0 atom stereocenters. The standard InChI is InChI=1S/C15H16ClNO2S/c1-3-9(4-2)12-13(15(18)19)20-14(17-12)10-5-7-11(16)8-6-10/h5-9H,3-4H2,1-2H3,(H,18,19). The Labute approximate surface area is 127 Å². The van der Waals surface area contributed by atoms with Crippen LogP contribution in [0, 0.1) is 0 Å². The van der Waals surface area contributed by atoms with Gasteiger partial charge in [0.25, 0.3) is 0 Å². The van der Waals surface area contributed by atoms with E-state index in [0.717, 1.165) is 23.4 Å². The van der Waals surface area contributed by atoms with Crippen molar-refractivity contribution in [1.29, 1.82) is 0 Å². The minimum atomic E-state index is -0.899. The van der Waals surface area contributed by atoms with Crippen LogP contribution in [-0.4, -0.2) is 16.1 Å². The van der Waals surface area contributed by atoms with Crippen LogP contribution in [-0.2, 0) is 0 Å². The fraction of sp³-hybridized carbons (Fsp3) is 0.333. The van der Waals surface area contributed by atoms with Gasteiger partial charge in [-0.2, -0.15) is 0 Å². The Morgan fingerprint density at radius 3 is 2.40 bits per heavy atom. The molecule has 0 spiro atoms. The number of rotatable bonds is 5. The Bertz CT molecular complexity index is 603. The van der Waals surface area contributed by atoms with Crippen LogP contribution < -0.4 is 0 Å². The van der Waals surface area contributed by atoms with Crippen LogP contribution in [0.2, 0.25) is 5.02 Å². The number of hydrogen-bond acceptors (Lipinski definition) is 3. The van der Waals surface area contributed by atoms with Crippen molar-refractivity contribution in [2.45, 2.75) is 32.6 Å².